The summed E-state index contributed by atoms with van der Waals surface area (Å²) in [6.45, 7) is 8.46. The smallest absolute Gasteiger partial charge is 0.154 e. The van der Waals surface area contributed by atoms with Crippen LogP contribution < -0.4 is 4.90 Å². The van der Waals surface area contributed by atoms with Gasteiger partial charge in [0.1, 0.15) is 5.52 Å². The summed E-state index contributed by atoms with van der Waals surface area (Å²) in [5.41, 5.74) is 2.20. The Morgan fingerprint density at radius 3 is 2.90 bits per heavy atom. The topological polar surface area (TPSA) is 33.4 Å². The highest BCUT2D eigenvalue weighted by Crippen LogP contribution is 2.28. The molecule has 0 bridgehead atoms. The first-order valence-electron chi connectivity index (χ1n) is 7.29. The fraction of sp³-hybridized carbons (Fsp3) is 0.600. The van der Waals surface area contributed by atoms with E-state index in [4.69, 9.17) is 11.6 Å². The summed E-state index contributed by atoms with van der Waals surface area (Å²) < 4.78 is 1.94. The van der Waals surface area contributed by atoms with Crippen molar-refractivity contribution in [2.24, 2.45) is 5.92 Å². The summed E-state index contributed by atoms with van der Waals surface area (Å²) in [6, 6.07) is 2.16. The third-order valence-corrected chi connectivity index (χ3v) is 4.73. The second-order valence-electron chi connectivity index (χ2n) is 6.03. The monoisotopic (exact) mass is 292 g/mol. The normalized spacial score (nSPS) is 23.8. The van der Waals surface area contributed by atoms with E-state index in [9.17, 15) is 0 Å². The van der Waals surface area contributed by atoms with E-state index in [-0.39, 0.29) is 5.38 Å². The van der Waals surface area contributed by atoms with E-state index in [1.807, 2.05) is 16.9 Å². The molecule has 1 aliphatic heterocycles. The Kier molecular flexibility index (Phi) is 3.59. The van der Waals surface area contributed by atoms with Crippen molar-refractivity contribution in [3.8, 4) is 0 Å². The van der Waals surface area contributed by atoms with Crippen LogP contribution in [-0.4, -0.2) is 33.1 Å². The Hall–Kier alpha value is -1.29. The molecule has 108 valence electrons. The molecule has 1 aliphatic rings. The molecule has 2 aromatic heterocycles. The summed E-state index contributed by atoms with van der Waals surface area (Å²) in [4.78, 5) is 6.92. The van der Waals surface area contributed by atoms with Gasteiger partial charge >= 0.3 is 0 Å². The Morgan fingerprint density at radius 1 is 1.40 bits per heavy atom. The molecule has 1 saturated heterocycles. The molecule has 20 heavy (non-hydrogen) atoms. The van der Waals surface area contributed by atoms with E-state index >= 15 is 0 Å². The van der Waals surface area contributed by atoms with Gasteiger partial charge in [-0.15, -0.1) is 11.6 Å². The molecule has 0 radical (unpaired) electrons. The number of rotatable bonds is 2. The molecule has 2 aromatic rings. The van der Waals surface area contributed by atoms with Crippen LogP contribution in [0, 0.1) is 5.92 Å². The van der Waals surface area contributed by atoms with Crippen LogP contribution in [0.3, 0.4) is 0 Å². The molecule has 3 heterocycles. The van der Waals surface area contributed by atoms with Crippen LogP contribution in [-0.2, 0) is 0 Å². The predicted octanol–water partition coefficient (Wildman–Crippen LogP) is 3.31. The summed E-state index contributed by atoms with van der Waals surface area (Å²) >= 11 is 6.32. The van der Waals surface area contributed by atoms with E-state index in [2.05, 4.69) is 41.8 Å². The molecular formula is C15H21ClN4. The number of alkyl halides is 1. The lowest BCUT2D eigenvalue weighted by Crippen LogP contribution is -2.40. The third-order valence-electron chi connectivity index (χ3n) is 4.08. The zero-order valence-corrected chi connectivity index (χ0v) is 13.0. The van der Waals surface area contributed by atoms with Crippen LogP contribution in [0.5, 0.6) is 0 Å². The standard InChI is InChI=1S/C15H21ClN4/c1-10(2)13-8-14-15(17-5-7-20(14)18-13)19-6-4-12(16)11(3)9-19/h5,7-8,10-12H,4,6,9H2,1-3H3. The number of hydrogen-bond acceptors (Lipinski definition) is 3. The molecule has 0 spiro atoms. The van der Waals surface area contributed by atoms with Crippen LogP contribution in [0.15, 0.2) is 18.5 Å². The van der Waals surface area contributed by atoms with Gasteiger partial charge in [0.2, 0.25) is 0 Å². The molecule has 2 unspecified atom stereocenters. The zero-order valence-electron chi connectivity index (χ0n) is 12.3. The number of hydrogen-bond donors (Lipinski definition) is 0. The largest absolute Gasteiger partial charge is 0.354 e. The maximum Gasteiger partial charge on any atom is 0.154 e. The molecular weight excluding hydrogens is 272 g/mol. The molecule has 0 amide bonds. The van der Waals surface area contributed by atoms with Crippen molar-refractivity contribution in [3.05, 3.63) is 24.2 Å². The first-order chi connectivity index (χ1) is 9.56. The van der Waals surface area contributed by atoms with E-state index in [0.717, 1.165) is 36.5 Å². The maximum atomic E-state index is 6.32. The van der Waals surface area contributed by atoms with E-state index in [0.29, 0.717) is 11.8 Å². The van der Waals surface area contributed by atoms with Gasteiger partial charge in [0.15, 0.2) is 5.82 Å². The summed E-state index contributed by atoms with van der Waals surface area (Å²) in [5.74, 6) is 1.94. The lowest BCUT2D eigenvalue weighted by molar-refractivity contribution is 0.452. The minimum atomic E-state index is 0.280. The molecule has 0 aromatic carbocycles. The fourth-order valence-corrected chi connectivity index (χ4v) is 2.94. The summed E-state index contributed by atoms with van der Waals surface area (Å²) in [7, 11) is 0. The lowest BCUT2D eigenvalue weighted by atomic mass is 9.99. The van der Waals surface area contributed by atoms with Crippen LogP contribution >= 0.6 is 11.6 Å². The summed E-state index contributed by atoms with van der Waals surface area (Å²) in [5, 5.41) is 4.91. The highest BCUT2D eigenvalue weighted by atomic mass is 35.5. The number of aromatic nitrogens is 3. The molecule has 0 saturated carbocycles. The number of halogens is 1. The van der Waals surface area contributed by atoms with Crippen molar-refractivity contribution >= 4 is 22.9 Å². The number of anilines is 1. The molecule has 0 N–H and O–H groups in total. The maximum absolute atomic E-state index is 6.32. The SMILES string of the molecule is CC(C)c1cc2c(N3CCC(Cl)C(C)C3)nccn2n1. The van der Waals surface area contributed by atoms with Gasteiger partial charge in [-0.25, -0.2) is 9.50 Å². The minimum Gasteiger partial charge on any atom is -0.354 e. The Balaban J connectivity index is 1.99. The highest BCUT2D eigenvalue weighted by Gasteiger charge is 2.26. The summed E-state index contributed by atoms with van der Waals surface area (Å²) in [6.07, 6.45) is 4.76. The van der Waals surface area contributed by atoms with Gasteiger partial charge in [0.25, 0.3) is 0 Å². The van der Waals surface area contributed by atoms with E-state index in [1.54, 1.807) is 0 Å². The molecule has 0 aliphatic carbocycles. The fourth-order valence-electron chi connectivity index (χ4n) is 2.76. The predicted molar refractivity (Wildman–Crippen MR) is 82.7 cm³/mol. The van der Waals surface area contributed by atoms with Crippen LogP contribution in [0.4, 0.5) is 5.82 Å². The first-order valence-corrected chi connectivity index (χ1v) is 7.73. The Morgan fingerprint density at radius 2 is 2.20 bits per heavy atom. The Bertz CT molecular complexity index is 607. The quantitative estimate of drug-likeness (QED) is 0.796. The van der Waals surface area contributed by atoms with E-state index < -0.39 is 0 Å². The van der Waals surface area contributed by atoms with Crippen molar-refractivity contribution in [1.29, 1.82) is 0 Å². The molecule has 2 atom stereocenters. The Labute approximate surface area is 124 Å². The number of piperidine rings is 1. The van der Waals surface area contributed by atoms with Crippen molar-refractivity contribution in [3.63, 3.8) is 0 Å². The van der Waals surface area contributed by atoms with Crippen molar-refractivity contribution in [2.45, 2.75) is 38.5 Å². The van der Waals surface area contributed by atoms with Gasteiger partial charge in [-0.2, -0.15) is 5.10 Å². The second-order valence-corrected chi connectivity index (χ2v) is 6.59. The average Bonchev–Trinajstić information content (AvgIpc) is 2.86. The second kappa shape index (κ2) is 5.24. The molecule has 4 nitrogen and oxygen atoms in total. The van der Waals surface area contributed by atoms with Crippen LogP contribution in [0.1, 0.15) is 38.8 Å². The van der Waals surface area contributed by atoms with Gasteiger partial charge in [0.05, 0.1) is 5.69 Å². The van der Waals surface area contributed by atoms with Crippen molar-refractivity contribution in [2.75, 3.05) is 18.0 Å². The third kappa shape index (κ3) is 2.37. The molecule has 3 rings (SSSR count). The molecule has 5 heteroatoms. The lowest BCUT2D eigenvalue weighted by Gasteiger charge is -2.35. The molecule has 1 fully saturated rings. The minimum absolute atomic E-state index is 0.280. The van der Waals surface area contributed by atoms with Gasteiger partial charge in [0, 0.05) is 30.9 Å². The van der Waals surface area contributed by atoms with Gasteiger partial charge in [-0.1, -0.05) is 20.8 Å². The van der Waals surface area contributed by atoms with Crippen LogP contribution in [0.2, 0.25) is 0 Å². The first kappa shape index (κ1) is 13.7. The zero-order chi connectivity index (χ0) is 14.3. The van der Waals surface area contributed by atoms with Gasteiger partial charge < -0.3 is 4.90 Å². The number of fused-ring (bicyclic) bond motifs is 1. The van der Waals surface area contributed by atoms with Crippen molar-refractivity contribution < 1.29 is 0 Å². The highest BCUT2D eigenvalue weighted by molar-refractivity contribution is 6.20. The van der Waals surface area contributed by atoms with Gasteiger partial charge in [-0.05, 0) is 24.3 Å². The van der Waals surface area contributed by atoms with E-state index in [1.165, 1.54) is 0 Å². The van der Waals surface area contributed by atoms with Gasteiger partial charge in [-0.3, -0.25) is 0 Å². The van der Waals surface area contributed by atoms with Crippen LogP contribution in [0.25, 0.3) is 5.52 Å². The number of nitrogens with zero attached hydrogens (tertiary/aromatic N) is 4. The van der Waals surface area contributed by atoms with Crippen molar-refractivity contribution in [1.82, 2.24) is 14.6 Å². The average molecular weight is 293 g/mol.